The highest BCUT2D eigenvalue weighted by Gasteiger charge is 2.10. The van der Waals surface area contributed by atoms with Crippen molar-refractivity contribution < 1.29 is 9.47 Å². The van der Waals surface area contributed by atoms with E-state index in [-0.39, 0.29) is 5.60 Å². The van der Waals surface area contributed by atoms with E-state index in [1.807, 2.05) is 33.9 Å². The zero-order valence-corrected chi connectivity index (χ0v) is 12.6. The summed E-state index contributed by atoms with van der Waals surface area (Å²) < 4.78 is 11.0. The minimum absolute atomic E-state index is 0.143. The Morgan fingerprint density at radius 2 is 2.00 bits per heavy atom. The summed E-state index contributed by atoms with van der Waals surface area (Å²) in [4.78, 5) is 8.53. The fourth-order valence-electron chi connectivity index (χ4n) is 1.45. The molecule has 0 saturated heterocycles. The molecule has 0 aromatic carbocycles. The molecule has 0 aliphatic carbocycles. The predicted octanol–water partition coefficient (Wildman–Crippen LogP) is 2.09. The fourth-order valence-corrected chi connectivity index (χ4v) is 1.45. The molecule has 19 heavy (non-hydrogen) atoms. The number of hydrogen-bond donors (Lipinski definition) is 1. The lowest BCUT2D eigenvalue weighted by molar-refractivity contribution is -0.0174. The molecule has 0 bridgehead atoms. The molecule has 1 aromatic rings. The molecule has 0 amide bonds. The van der Waals surface area contributed by atoms with Crippen LogP contribution in [0.2, 0.25) is 0 Å². The summed E-state index contributed by atoms with van der Waals surface area (Å²) >= 11 is 0. The number of nitrogens with zero attached hydrogens (tertiary/aromatic N) is 2. The summed E-state index contributed by atoms with van der Waals surface area (Å²) in [5.41, 5.74) is 1.90. The van der Waals surface area contributed by atoms with Gasteiger partial charge < -0.3 is 14.8 Å². The molecule has 5 nitrogen and oxygen atoms in total. The van der Waals surface area contributed by atoms with Crippen LogP contribution >= 0.6 is 0 Å². The van der Waals surface area contributed by atoms with Gasteiger partial charge in [0.25, 0.3) is 0 Å². The molecule has 1 heterocycles. The molecule has 0 aliphatic heterocycles. The van der Waals surface area contributed by atoms with Gasteiger partial charge in [-0.15, -0.1) is 0 Å². The summed E-state index contributed by atoms with van der Waals surface area (Å²) in [7, 11) is 0. The number of rotatable bonds is 7. The fraction of sp³-hybridized carbons (Fsp3) is 0.714. The van der Waals surface area contributed by atoms with E-state index >= 15 is 0 Å². The molecule has 0 unspecified atom stereocenters. The molecular weight excluding hydrogens is 242 g/mol. The molecule has 1 aromatic heterocycles. The Morgan fingerprint density at radius 3 is 2.58 bits per heavy atom. The van der Waals surface area contributed by atoms with E-state index in [2.05, 4.69) is 22.2 Å². The molecule has 0 atom stereocenters. The Hall–Kier alpha value is -1.20. The molecule has 1 rings (SSSR count). The summed E-state index contributed by atoms with van der Waals surface area (Å²) in [5.74, 6) is 0. The lowest BCUT2D eigenvalue weighted by Gasteiger charge is -2.19. The second kappa shape index (κ2) is 7.40. The van der Waals surface area contributed by atoms with Crippen molar-refractivity contribution in [3.63, 3.8) is 0 Å². The normalized spacial score (nSPS) is 11.6. The van der Waals surface area contributed by atoms with Gasteiger partial charge in [0, 0.05) is 24.0 Å². The van der Waals surface area contributed by atoms with E-state index in [9.17, 15) is 0 Å². The van der Waals surface area contributed by atoms with Gasteiger partial charge in [0.05, 0.1) is 12.2 Å². The van der Waals surface area contributed by atoms with Crippen molar-refractivity contribution in [2.24, 2.45) is 0 Å². The van der Waals surface area contributed by atoms with Gasteiger partial charge in [0.2, 0.25) is 0 Å². The highest BCUT2D eigenvalue weighted by Crippen LogP contribution is 2.09. The smallest absolute Gasteiger partial charge is 0.316 e. The van der Waals surface area contributed by atoms with Crippen molar-refractivity contribution in [2.45, 2.75) is 46.8 Å². The monoisotopic (exact) mass is 267 g/mol. The Morgan fingerprint density at radius 1 is 1.26 bits per heavy atom. The molecule has 0 spiro atoms. The third-order valence-electron chi connectivity index (χ3n) is 2.47. The summed E-state index contributed by atoms with van der Waals surface area (Å²) in [6.07, 6.45) is 1.81. The van der Waals surface area contributed by atoms with Crippen LogP contribution in [0.4, 0.5) is 0 Å². The number of aryl methyl sites for hydroxylation is 1. The predicted molar refractivity (Wildman–Crippen MR) is 75.3 cm³/mol. The summed E-state index contributed by atoms with van der Waals surface area (Å²) in [5, 5.41) is 3.25. The number of hydrogen-bond acceptors (Lipinski definition) is 5. The van der Waals surface area contributed by atoms with E-state index < -0.39 is 0 Å². The van der Waals surface area contributed by atoms with Gasteiger partial charge in [-0.1, -0.05) is 6.92 Å². The van der Waals surface area contributed by atoms with Crippen LogP contribution in [0.5, 0.6) is 6.01 Å². The Labute approximate surface area is 115 Å². The van der Waals surface area contributed by atoms with Crippen LogP contribution in [-0.2, 0) is 11.3 Å². The van der Waals surface area contributed by atoms with Gasteiger partial charge in [0.1, 0.15) is 6.61 Å². The van der Waals surface area contributed by atoms with Crippen LogP contribution in [0, 0.1) is 6.92 Å². The third-order valence-corrected chi connectivity index (χ3v) is 2.47. The van der Waals surface area contributed by atoms with Crippen LogP contribution in [0.3, 0.4) is 0 Å². The average molecular weight is 267 g/mol. The number of nitrogens with one attached hydrogen (secondary N) is 1. The zero-order chi connectivity index (χ0) is 14.3. The van der Waals surface area contributed by atoms with E-state index in [1.165, 1.54) is 0 Å². The first-order valence-corrected chi connectivity index (χ1v) is 6.72. The minimum atomic E-state index is -0.143. The zero-order valence-electron chi connectivity index (χ0n) is 12.6. The molecule has 0 aliphatic rings. The Balaban J connectivity index is 2.41. The molecule has 1 N–H and O–H groups in total. The SMILES string of the molecule is CCNCc1cnc(OCCOC(C)(C)C)nc1C. The van der Waals surface area contributed by atoms with Crippen LogP contribution in [0.25, 0.3) is 0 Å². The van der Waals surface area contributed by atoms with E-state index in [1.54, 1.807) is 0 Å². The van der Waals surface area contributed by atoms with Crippen molar-refractivity contribution >= 4 is 0 Å². The van der Waals surface area contributed by atoms with Gasteiger partial charge in [-0.3, -0.25) is 0 Å². The van der Waals surface area contributed by atoms with E-state index in [4.69, 9.17) is 9.47 Å². The van der Waals surface area contributed by atoms with Gasteiger partial charge >= 0.3 is 6.01 Å². The molecule has 0 fully saturated rings. The molecule has 108 valence electrons. The lowest BCUT2D eigenvalue weighted by Crippen LogP contribution is -2.22. The summed E-state index contributed by atoms with van der Waals surface area (Å²) in [6.45, 7) is 12.8. The molecular formula is C14H25N3O2. The van der Waals surface area contributed by atoms with Gasteiger partial charge in [0.15, 0.2) is 0 Å². The molecule has 0 radical (unpaired) electrons. The first-order chi connectivity index (χ1) is 8.92. The van der Waals surface area contributed by atoms with Gasteiger partial charge in [-0.25, -0.2) is 9.97 Å². The summed E-state index contributed by atoms with van der Waals surface area (Å²) in [6, 6.07) is 0.412. The lowest BCUT2D eigenvalue weighted by atomic mass is 10.2. The first kappa shape index (κ1) is 15.9. The highest BCUT2D eigenvalue weighted by atomic mass is 16.5. The maximum atomic E-state index is 5.57. The van der Waals surface area contributed by atoms with Crippen molar-refractivity contribution in [3.8, 4) is 6.01 Å². The standard InChI is InChI=1S/C14H25N3O2/c1-6-15-9-12-10-16-13(17-11(12)2)18-7-8-19-14(3,4)5/h10,15H,6-9H2,1-5H3. The van der Waals surface area contributed by atoms with Crippen LogP contribution in [0.15, 0.2) is 6.20 Å². The van der Waals surface area contributed by atoms with Gasteiger partial charge in [-0.2, -0.15) is 0 Å². The van der Waals surface area contributed by atoms with Crippen LogP contribution in [0.1, 0.15) is 39.0 Å². The maximum absolute atomic E-state index is 5.57. The van der Waals surface area contributed by atoms with Crippen LogP contribution < -0.4 is 10.1 Å². The number of aromatic nitrogens is 2. The minimum Gasteiger partial charge on any atom is -0.461 e. The van der Waals surface area contributed by atoms with E-state index in [0.717, 1.165) is 24.3 Å². The topological polar surface area (TPSA) is 56.3 Å². The quantitative estimate of drug-likeness (QED) is 0.767. The molecule has 5 heteroatoms. The highest BCUT2D eigenvalue weighted by molar-refractivity contribution is 5.17. The Bertz CT molecular complexity index is 389. The second-order valence-corrected chi connectivity index (χ2v) is 5.35. The number of ether oxygens (including phenoxy) is 2. The van der Waals surface area contributed by atoms with Crippen LogP contribution in [-0.4, -0.2) is 35.3 Å². The third kappa shape index (κ3) is 6.50. The van der Waals surface area contributed by atoms with Crippen molar-refractivity contribution in [2.75, 3.05) is 19.8 Å². The van der Waals surface area contributed by atoms with E-state index in [0.29, 0.717) is 19.2 Å². The van der Waals surface area contributed by atoms with Gasteiger partial charge in [-0.05, 0) is 34.2 Å². The van der Waals surface area contributed by atoms with Crippen molar-refractivity contribution in [1.82, 2.24) is 15.3 Å². The van der Waals surface area contributed by atoms with Crippen molar-refractivity contribution in [3.05, 3.63) is 17.5 Å². The Kier molecular flexibility index (Phi) is 6.18. The first-order valence-electron chi connectivity index (χ1n) is 6.72. The second-order valence-electron chi connectivity index (χ2n) is 5.35. The average Bonchev–Trinajstić information content (AvgIpc) is 2.32. The van der Waals surface area contributed by atoms with Crippen molar-refractivity contribution in [1.29, 1.82) is 0 Å². The molecule has 0 saturated carbocycles. The maximum Gasteiger partial charge on any atom is 0.316 e. The largest absolute Gasteiger partial charge is 0.461 e.